The summed E-state index contributed by atoms with van der Waals surface area (Å²) in [4.78, 5) is 10.6. The third-order valence-electron chi connectivity index (χ3n) is 3.86. The molecule has 2 rings (SSSR count). The van der Waals surface area contributed by atoms with Gasteiger partial charge in [0.15, 0.2) is 5.96 Å². The Labute approximate surface area is 186 Å². The Morgan fingerprint density at radius 1 is 1.31 bits per heavy atom. The molecule has 0 saturated carbocycles. The van der Waals surface area contributed by atoms with Gasteiger partial charge >= 0.3 is 0 Å². The van der Waals surface area contributed by atoms with E-state index in [0.717, 1.165) is 37.6 Å². The average molecular weight is 530 g/mol. The molecule has 0 aliphatic rings. The molecule has 0 aliphatic carbocycles. The molecule has 0 radical (unpaired) electrons. The van der Waals surface area contributed by atoms with E-state index in [4.69, 9.17) is 23.2 Å². The van der Waals surface area contributed by atoms with E-state index in [-0.39, 0.29) is 24.0 Å². The number of rotatable bonds is 7. The van der Waals surface area contributed by atoms with Crippen molar-refractivity contribution in [1.82, 2.24) is 20.2 Å². The molecule has 0 spiro atoms. The van der Waals surface area contributed by atoms with Gasteiger partial charge in [-0.2, -0.15) is 0 Å². The van der Waals surface area contributed by atoms with Gasteiger partial charge in [-0.3, -0.25) is 0 Å². The van der Waals surface area contributed by atoms with Crippen molar-refractivity contribution < 1.29 is 0 Å². The van der Waals surface area contributed by atoms with Crippen LogP contribution >= 0.6 is 58.5 Å². The summed E-state index contributed by atoms with van der Waals surface area (Å²) in [5.41, 5.74) is 2.17. The molecule has 9 heteroatoms. The number of thiazole rings is 1. The third-order valence-corrected chi connectivity index (χ3v) is 5.78. The highest BCUT2D eigenvalue weighted by molar-refractivity contribution is 14.0. The lowest BCUT2D eigenvalue weighted by molar-refractivity contribution is 0.777. The Morgan fingerprint density at radius 2 is 2.04 bits per heavy atom. The van der Waals surface area contributed by atoms with Gasteiger partial charge in [0.2, 0.25) is 0 Å². The van der Waals surface area contributed by atoms with Gasteiger partial charge in [0.05, 0.1) is 22.3 Å². The van der Waals surface area contributed by atoms with Gasteiger partial charge in [0.1, 0.15) is 5.15 Å². The Kier molecular flexibility index (Phi) is 10.3. The summed E-state index contributed by atoms with van der Waals surface area (Å²) in [7, 11) is 1.88. The highest BCUT2D eigenvalue weighted by atomic mass is 127. The highest BCUT2D eigenvalue weighted by Crippen LogP contribution is 2.25. The Bertz CT molecular complexity index is 742. The van der Waals surface area contributed by atoms with Crippen molar-refractivity contribution in [2.75, 3.05) is 13.1 Å². The zero-order valence-corrected chi connectivity index (χ0v) is 20.2. The molecule has 0 aliphatic heterocycles. The number of nitrogens with zero attached hydrogens (tertiary/aromatic N) is 3. The van der Waals surface area contributed by atoms with Crippen LogP contribution in [0.4, 0.5) is 0 Å². The molecule has 2 N–H and O–H groups in total. The molecule has 0 unspecified atom stereocenters. The Balaban J connectivity index is 0.00000338. The van der Waals surface area contributed by atoms with Crippen LogP contribution in [0.2, 0.25) is 10.2 Å². The van der Waals surface area contributed by atoms with E-state index in [1.807, 2.05) is 24.6 Å². The quantitative estimate of drug-likeness (QED) is 0.313. The van der Waals surface area contributed by atoms with Gasteiger partial charge in [-0.1, -0.05) is 30.1 Å². The zero-order chi connectivity index (χ0) is 18.4. The fourth-order valence-corrected chi connectivity index (χ4v) is 3.89. The maximum Gasteiger partial charge on any atom is 0.191 e. The molecule has 0 atom stereocenters. The summed E-state index contributed by atoms with van der Waals surface area (Å²) >= 11 is 13.9. The van der Waals surface area contributed by atoms with Crippen molar-refractivity contribution in [3.63, 3.8) is 0 Å². The average Bonchev–Trinajstić information content (AvgIpc) is 3.07. The number of halogens is 3. The van der Waals surface area contributed by atoms with E-state index in [0.29, 0.717) is 16.7 Å². The molecule has 0 fully saturated rings. The van der Waals surface area contributed by atoms with Crippen molar-refractivity contribution in [3.05, 3.63) is 37.5 Å². The van der Waals surface area contributed by atoms with Crippen LogP contribution in [0.3, 0.4) is 0 Å². The van der Waals surface area contributed by atoms with Crippen molar-refractivity contribution in [2.24, 2.45) is 12.0 Å². The number of hydrogen-bond donors (Lipinski definition) is 2. The molecule has 0 saturated heterocycles. The SMILES string of the molecule is CCNC(=NCc1cc(Cl)c(Cl)n1C)NCCc1nc(CC)c(C)s1.I. The van der Waals surface area contributed by atoms with Crippen LogP contribution in [0.15, 0.2) is 11.1 Å². The maximum absolute atomic E-state index is 6.10. The second kappa shape index (κ2) is 11.4. The van der Waals surface area contributed by atoms with Crippen LogP contribution in [0.1, 0.15) is 35.1 Å². The summed E-state index contributed by atoms with van der Waals surface area (Å²) in [5, 5.41) is 8.87. The number of aromatic nitrogens is 2. The fourth-order valence-electron chi connectivity index (χ4n) is 2.45. The van der Waals surface area contributed by atoms with Gasteiger partial charge in [-0.05, 0) is 26.3 Å². The van der Waals surface area contributed by atoms with Crippen LogP contribution in [0.5, 0.6) is 0 Å². The predicted octanol–water partition coefficient (Wildman–Crippen LogP) is 4.58. The summed E-state index contributed by atoms with van der Waals surface area (Å²) in [6.45, 7) is 8.42. The molecule has 5 nitrogen and oxygen atoms in total. The largest absolute Gasteiger partial charge is 0.357 e. The van der Waals surface area contributed by atoms with Gasteiger partial charge < -0.3 is 15.2 Å². The molecule has 0 amide bonds. The van der Waals surface area contributed by atoms with Crippen molar-refractivity contribution in [3.8, 4) is 0 Å². The number of hydrogen-bond acceptors (Lipinski definition) is 3. The molecule has 2 heterocycles. The smallest absolute Gasteiger partial charge is 0.191 e. The monoisotopic (exact) mass is 529 g/mol. The van der Waals surface area contributed by atoms with E-state index in [2.05, 4.69) is 34.5 Å². The molecule has 2 aromatic heterocycles. The fraction of sp³-hybridized carbons (Fsp3) is 0.529. The van der Waals surface area contributed by atoms with Gasteiger partial charge in [-0.15, -0.1) is 35.3 Å². The van der Waals surface area contributed by atoms with Crippen molar-refractivity contribution in [2.45, 2.75) is 40.2 Å². The number of aryl methyl sites for hydroxylation is 2. The lowest BCUT2D eigenvalue weighted by Crippen LogP contribution is -2.38. The normalized spacial score (nSPS) is 11.4. The van der Waals surface area contributed by atoms with E-state index < -0.39 is 0 Å². The summed E-state index contributed by atoms with van der Waals surface area (Å²) < 4.78 is 1.85. The summed E-state index contributed by atoms with van der Waals surface area (Å²) in [6.07, 6.45) is 1.87. The molecule has 26 heavy (non-hydrogen) atoms. The van der Waals surface area contributed by atoms with Crippen LogP contribution in [-0.2, 0) is 26.4 Å². The second-order valence-corrected chi connectivity index (χ2v) is 7.72. The first kappa shape index (κ1) is 23.5. The first-order chi connectivity index (χ1) is 12.0. The second-order valence-electron chi connectivity index (χ2n) is 5.67. The minimum absolute atomic E-state index is 0. The lowest BCUT2D eigenvalue weighted by Gasteiger charge is -2.11. The summed E-state index contributed by atoms with van der Waals surface area (Å²) in [6, 6.07) is 1.85. The van der Waals surface area contributed by atoms with Gasteiger partial charge in [-0.25, -0.2) is 9.98 Å². The van der Waals surface area contributed by atoms with E-state index in [1.165, 1.54) is 15.6 Å². The number of nitrogens with one attached hydrogen (secondary N) is 2. The third kappa shape index (κ3) is 6.28. The van der Waals surface area contributed by atoms with Gasteiger partial charge in [0.25, 0.3) is 0 Å². The molecule has 2 aromatic rings. The van der Waals surface area contributed by atoms with E-state index in [9.17, 15) is 0 Å². The minimum Gasteiger partial charge on any atom is -0.357 e. The first-order valence-corrected chi connectivity index (χ1v) is 10.00. The molecular weight excluding hydrogens is 504 g/mol. The van der Waals surface area contributed by atoms with Crippen molar-refractivity contribution in [1.29, 1.82) is 0 Å². The molecule has 146 valence electrons. The Hall–Kier alpha value is -0.510. The Morgan fingerprint density at radius 3 is 2.58 bits per heavy atom. The first-order valence-electron chi connectivity index (χ1n) is 8.43. The number of aliphatic imine (C=N–C) groups is 1. The van der Waals surface area contributed by atoms with Crippen LogP contribution < -0.4 is 10.6 Å². The van der Waals surface area contributed by atoms with Gasteiger partial charge in [0, 0.05) is 37.1 Å². The van der Waals surface area contributed by atoms with Crippen LogP contribution in [-0.4, -0.2) is 28.6 Å². The molecule has 0 bridgehead atoms. The maximum atomic E-state index is 6.10. The number of guanidine groups is 1. The van der Waals surface area contributed by atoms with E-state index in [1.54, 1.807) is 11.3 Å². The standard InChI is InChI=1S/C17H25Cl2N5S.HI/c1-5-14-11(3)25-15(23-14)7-8-21-17(20-6-2)22-10-12-9-13(18)16(19)24(12)4;/h9H,5-8,10H2,1-4H3,(H2,20,21,22);1H. The molecular formula is C17H26Cl2IN5S. The zero-order valence-electron chi connectivity index (χ0n) is 15.5. The van der Waals surface area contributed by atoms with Crippen LogP contribution in [0.25, 0.3) is 0 Å². The molecule has 0 aromatic carbocycles. The topological polar surface area (TPSA) is 54.2 Å². The van der Waals surface area contributed by atoms with Crippen LogP contribution in [0, 0.1) is 6.92 Å². The summed E-state index contributed by atoms with van der Waals surface area (Å²) in [5.74, 6) is 0.778. The van der Waals surface area contributed by atoms with Crippen molar-refractivity contribution >= 4 is 64.5 Å². The predicted molar refractivity (Wildman–Crippen MR) is 124 cm³/mol. The lowest BCUT2D eigenvalue weighted by atomic mass is 10.3. The minimum atomic E-state index is 0. The highest BCUT2D eigenvalue weighted by Gasteiger charge is 2.09. The van der Waals surface area contributed by atoms with E-state index >= 15 is 0 Å².